The van der Waals surface area contributed by atoms with E-state index in [1.807, 2.05) is 6.07 Å². The van der Waals surface area contributed by atoms with Crippen LogP contribution in [0.1, 0.15) is 6.42 Å². The maximum absolute atomic E-state index is 12.0. The number of hydrogen-bond donors (Lipinski definition) is 1. The molecule has 21 heavy (non-hydrogen) atoms. The van der Waals surface area contributed by atoms with Gasteiger partial charge >= 0.3 is 6.01 Å². The van der Waals surface area contributed by atoms with Gasteiger partial charge in [0.1, 0.15) is 5.52 Å². The van der Waals surface area contributed by atoms with Gasteiger partial charge in [0, 0.05) is 23.4 Å². The third-order valence-electron chi connectivity index (χ3n) is 3.24. The van der Waals surface area contributed by atoms with Crippen LogP contribution in [0.3, 0.4) is 0 Å². The third-order valence-corrected chi connectivity index (χ3v) is 4.67. The van der Waals surface area contributed by atoms with Crippen molar-refractivity contribution in [3.63, 3.8) is 0 Å². The van der Waals surface area contributed by atoms with Crippen LogP contribution >= 0.6 is 15.9 Å². The molecule has 1 fully saturated rings. The molecule has 0 radical (unpaired) electrons. The number of nitrogens with two attached hydrogens (primary N) is 1. The molecule has 112 valence electrons. The van der Waals surface area contributed by atoms with Crippen LogP contribution in [0.4, 0.5) is 6.01 Å². The molecule has 0 bridgehead atoms. The molecular weight excluding hydrogens is 362 g/mol. The van der Waals surface area contributed by atoms with Crippen molar-refractivity contribution in [2.75, 3.05) is 17.2 Å². The van der Waals surface area contributed by atoms with Gasteiger partial charge in [0.15, 0.2) is 5.58 Å². The fourth-order valence-electron chi connectivity index (χ4n) is 2.41. The van der Waals surface area contributed by atoms with Gasteiger partial charge in [0.2, 0.25) is 15.9 Å². The maximum Gasteiger partial charge on any atom is 0.305 e. The summed E-state index contributed by atoms with van der Waals surface area (Å²) in [5, 5.41) is 5.02. The first-order chi connectivity index (χ1) is 9.82. The van der Waals surface area contributed by atoms with E-state index in [1.54, 1.807) is 12.1 Å². The lowest BCUT2D eigenvalue weighted by Crippen LogP contribution is -2.27. The number of sulfonamides is 1. The van der Waals surface area contributed by atoms with E-state index in [2.05, 4.69) is 20.9 Å². The maximum atomic E-state index is 12.0. The topological polar surface area (TPSA) is 106 Å². The van der Waals surface area contributed by atoms with Crippen molar-refractivity contribution >= 4 is 49.0 Å². The Bertz CT molecular complexity index is 817. The average Bonchev–Trinajstić information content (AvgIpc) is 2.89. The monoisotopic (exact) mass is 373 g/mol. The van der Waals surface area contributed by atoms with E-state index in [-0.39, 0.29) is 36.6 Å². The highest BCUT2D eigenvalue weighted by molar-refractivity contribution is 9.10. The zero-order valence-corrected chi connectivity index (χ0v) is 13.2. The van der Waals surface area contributed by atoms with Gasteiger partial charge in [0.25, 0.3) is 0 Å². The summed E-state index contributed by atoms with van der Waals surface area (Å²) < 4.78 is 28.6. The number of rotatable bonds is 3. The summed E-state index contributed by atoms with van der Waals surface area (Å²) in [6, 6.07) is 5.54. The van der Waals surface area contributed by atoms with Crippen LogP contribution in [0.5, 0.6) is 0 Å². The second-order valence-electron chi connectivity index (χ2n) is 5.01. The predicted molar refractivity (Wildman–Crippen MR) is 80.1 cm³/mol. The molecule has 1 aliphatic rings. The summed E-state index contributed by atoms with van der Waals surface area (Å²) in [4.78, 5) is 17.6. The second kappa shape index (κ2) is 5.08. The molecule has 2 heterocycles. The molecule has 1 atom stereocenters. The van der Waals surface area contributed by atoms with Gasteiger partial charge in [-0.1, -0.05) is 15.9 Å². The predicted octanol–water partition coefficient (Wildman–Crippen LogP) is 1.23. The Labute approximate surface area is 129 Å². The number of aromatic nitrogens is 1. The summed E-state index contributed by atoms with van der Waals surface area (Å²) in [6.07, 6.45) is 0.124. The largest absolute Gasteiger partial charge is 0.423 e. The summed E-state index contributed by atoms with van der Waals surface area (Å²) in [6.45, 7) is 0.239. The smallest absolute Gasteiger partial charge is 0.305 e. The number of carbonyl (C=O) groups is 1. The number of hydrogen-bond acceptors (Lipinski definition) is 5. The Hall–Kier alpha value is -1.45. The quantitative estimate of drug-likeness (QED) is 0.870. The standard InChI is InChI=1S/C12H12BrN3O4S/c13-8-1-2-9-10(4-8)20-12(15-9)16-5-7(3-11(16)17)6-21(14,18)19/h1-2,4,7H,3,5-6H2,(H2,14,18,19). The van der Waals surface area contributed by atoms with Crippen LogP contribution in [0.2, 0.25) is 0 Å². The molecule has 7 nitrogen and oxygen atoms in total. The number of amides is 1. The minimum Gasteiger partial charge on any atom is -0.423 e. The molecule has 2 N–H and O–H groups in total. The van der Waals surface area contributed by atoms with E-state index < -0.39 is 10.0 Å². The number of halogens is 1. The van der Waals surface area contributed by atoms with Crippen molar-refractivity contribution in [2.45, 2.75) is 6.42 Å². The number of fused-ring (bicyclic) bond motifs is 1. The van der Waals surface area contributed by atoms with E-state index in [0.29, 0.717) is 11.1 Å². The number of primary sulfonamides is 1. The van der Waals surface area contributed by atoms with Gasteiger partial charge < -0.3 is 4.42 Å². The van der Waals surface area contributed by atoms with Crippen LogP contribution < -0.4 is 10.0 Å². The van der Waals surface area contributed by atoms with Crippen molar-refractivity contribution in [1.29, 1.82) is 0 Å². The number of oxazole rings is 1. The van der Waals surface area contributed by atoms with Crippen molar-refractivity contribution in [3.8, 4) is 0 Å². The molecule has 0 saturated carbocycles. The molecule has 1 amide bonds. The van der Waals surface area contributed by atoms with Crippen LogP contribution in [-0.4, -0.2) is 31.6 Å². The Morgan fingerprint density at radius 1 is 1.48 bits per heavy atom. The Morgan fingerprint density at radius 3 is 2.95 bits per heavy atom. The van der Waals surface area contributed by atoms with E-state index in [1.165, 1.54) is 4.90 Å². The zero-order chi connectivity index (χ0) is 15.2. The van der Waals surface area contributed by atoms with Gasteiger partial charge in [-0.25, -0.2) is 13.6 Å². The summed E-state index contributed by atoms with van der Waals surface area (Å²) in [5.41, 5.74) is 1.19. The lowest BCUT2D eigenvalue weighted by Gasteiger charge is -2.10. The van der Waals surface area contributed by atoms with E-state index in [9.17, 15) is 13.2 Å². The molecule has 0 aliphatic carbocycles. The normalized spacial score (nSPS) is 19.6. The fraction of sp³-hybridized carbons (Fsp3) is 0.333. The second-order valence-corrected chi connectivity index (χ2v) is 7.59. The summed E-state index contributed by atoms with van der Waals surface area (Å²) in [5.74, 6) is -0.774. The van der Waals surface area contributed by atoms with Crippen LogP contribution in [0.15, 0.2) is 27.1 Å². The van der Waals surface area contributed by atoms with Gasteiger partial charge in [-0.2, -0.15) is 4.98 Å². The molecule has 1 aromatic heterocycles. The van der Waals surface area contributed by atoms with Gasteiger partial charge in [0.05, 0.1) is 5.75 Å². The van der Waals surface area contributed by atoms with Crippen LogP contribution in [-0.2, 0) is 14.8 Å². The van der Waals surface area contributed by atoms with E-state index in [4.69, 9.17) is 9.56 Å². The number of anilines is 1. The zero-order valence-electron chi connectivity index (χ0n) is 10.8. The van der Waals surface area contributed by atoms with Crippen LogP contribution in [0.25, 0.3) is 11.1 Å². The average molecular weight is 374 g/mol. The fourth-order valence-corrected chi connectivity index (χ4v) is 3.63. The lowest BCUT2D eigenvalue weighted by molar-refractivity contribution is -0.117. The first-order valence-electron chi connectivity index (χ1n) is 6.19. The number of nitrogens with zero attached hydrogens (tertiary/aromatic N) is 2. The van der Waals surface area contributed by atoms with Gasteiger partial charge in [-0.05, 0) is 18.2 Å². The highest BCUT2D eigenvalue weighted by Crippen LogP contribution is 2.29. The Morgan fingerprint density at radius 2 is 2.24 bits per heavy atom. The minimum atomic E-state index is -3.60. The van der Waals surface area contributed by atoms with Crippen LogP contribution in [0, 0.1) is 5.92 Å². The first kappa shape index (κ1) is 14.5. The SMILES string of the molecule is NS(=O)(=O)CC1CC(=O)N(c2nc3ccc(Br)cc3o2)C1. The highest BCUT2D eigenvalue weighted by Gasteiger charge is 2.35. The number of benzene rings is 1. The molecule has 0 spiro atoms. The first-order valence-corrected chi connectivity index (χ1v) is 8.69. The van der Waals surface area contributed by atoms with E-state index in [0.717, 1.165) is 4.47 Å². The van der Waals surface area contributed by atoms with Crippen molar-refractivity contribution in [1.82, 2.24) is 4.98 Å². The van der Waals surface area contributed by atoms with Gasteiger partial charge in [-0.3, -0.25) is 9.69 Å². The molecule has 9 heteroatoms. The molecule has 1 aliphatic heterocycles. The molecule has 1 aromatic carbocycles. The van der Waals surface area contributed by atoms with Gasteiger partial charge in [-0.15, -0.1) is 0 Å². The molecule has 1 saturated heterocycles. The lowest BCUT2D eigenvalue weighted by atomic mass is 10.1. The molecule has 1 unspecified atom stereocenters. The van der Waals surface area contributed by atoms with E-state index >= 15 is 0 Å². The highest BCUT2D eigenvalue weighted by atomic mass is 79.9. The Balaban J connectivity index is 1.87. The number of carbonyl (C=O) groups excluding carboxylic acids is 1. The van der Waals surface area contributed by atoms with Crippen molar-refractivity contribution in [3.05, 3.63) is 22.7 Å². The third kappa shape index (κ3) is 3.09. The minimum absolute atomic E-state index is 0.124. The van der Waals surface area contributed by atoms with Crippen molar-refractivity contribution in [2.24, 2.45) is 11.1 Å². The Kier molecular flexibility index (Phi) is 3.50. The molecular formula is C12H12BrN3O4S. The summed E-state index contributed by atoms with van der Waals surface area (Å²) in [7, 11) is -3.60. The van der Waals surface area contributed by atoms with Crippen molar-refractivity contribution < 1.29 is 17.6 Å². The molecule has 3 rings (SSSR count). The summed E-state index contributed by atoms with van der Waals surface area (Å²) >= 11 is 3.33. The molecule has 2 aromatic rings.